The smallest absolute Gasteiger partial charge is 0.311 e. The maximum Gasteiger partial charge on any atom is 0.311 e. The van der Waals surface area contributed by atoms with Crippen LogP contribution in [0.4, 0.5) is 11.4 Å². The molecule has 0 bridgehead atoms. The number of ether oxygens (including phenoxy) is 1. The molecular weight excluding hydrogens is 454 g/mol. The first-order chi connectivity index (χ1) is 16.8. The average molecular weight is 471 g/mol. The summed E-state index contributed by atoms with van der Waals surface area (Å²) in [5.41, 5.74) is -0.0158. The summed E-state index contributed by atoms with van der Waals surface area (Å²) in [6, 6.07) is 16.1. The Labute approximate surface area is 198 Å². The lowest BCUT2D eigenvalue weighted by atomic mass is 9.94. The number of anilines is 1. The van der Waals surface area contributed by atoms with Crippen LogP contribution in [-0.2, 0) is 9.59 Å². The molecule has 3 aromatic carbocycles. The monoisotopic (exact) mass is 471 g/mol. The predicted octanol–water partition coefficient (Wildman–Crippen LogP) is 3.81. The Morgan fingerprint density at radius 1 is 1.09 bits per heavy atom. The van der Waals surface area contributed by atoms with Crippen LogP contribution in [0.25, 0.3) is 5.76 Å². The van der Waals surface area contributed by atoms with Crippen molar-refractivity contribution in [3.63, 3.8) is 0 Å². The second-order valence-electron chi connectivity index (χ2n) is 7.56. The molecule has 1 heterocycles. The Morgan fingerprint density at radius 3 is 2.31 bits per heavy atom. The maximum absolute atomic E-state index is 13.2. The highest BCUT2D eigenvalue weighted by Crippen LogP contribution is 2.44. The number of ketones is 1. The van der Waals surface area contributed by atoms with Crippen molar-refractivity contribution < 1.29 is 29.5 Å². The fourth-order valence-corrected chi connectivity index (χ4v) is 3.87. The van der Waals surface area contributed by atoms with E-state index >= 15 is 0 Å². The lowest BCUT2D eigenvalue weighted by molar-refractivity contribution is -0.385. The molecule has 35 heavy (non-hydrogen) atoms. The number of hydrogen-bond acceptors (Lipinski definition) is 8. The van der Waals surface area contributed by atoms with Crippen molar-refractivity contribution in [2.24, 2.45) is 0 Å². The molecule has 1 aliphatic rings. The van der Waals surface area contributed by atoms with Gasteiger partial charge in [0, 0.05) is 17.3 Å². The molecule has 1 amide bonds. The summed E-state index contributed by atoms with van der Waals surface area (Å²) in [5.74, 6) is -2.54. The quantitative estimate of drug-likeness (QED) is 0.187. The highest BCUT2D eigenvalue weighted by Gasteiger charge is 2.47. The standard InChI is InChI=1S/C25H17N3O7/c1-35-18-9-4-15(5-10-18)23(30)21-22(16-6-11-20(29)19(12-16)28(33)34)27(25(32)24(21)31)17-7-2-14(13-26)3-8-17/h2-12,22,29-30H,1H3/b23-21-. The molecule has 1 aliphatic heterocycles. The van der Waals surface area contributed by atoms with Crippen molar-refractivity contribution in [1.29, 1.82) is 5.26 Å². The van der Waals surface area contributed by atoms with Gasteiger partial charge in [-0.1, -0.05) is 6.07 Å². The number of hydrogen-bond donors (Lipinski definition) is 2. The second-order valence-corrected chi connectivity index (χ2v) is 7.56. The van der Waals surface area contributed by atoms with E-state index in [9.17, 15) is 29.9 Å². The van der Waals surface area contributed by atoms with Gasteiger partial charge in [0.15, 0.2) is 5.75 Å². The highest BCUT2D eigenvalue weighted by molar-refractivity contribution is 6.51. The van der Waals surface area contributed by atoms with Gasteiger partial charge in [0.2, 0.25) is 0 Å². The SMILES string of the molecule is COc1ccc(/C(O)=C2/C(=O)C(=O)N(c3ccc(C#N)cc3)C2c2ccc(O)c([N+](=O)[O-])c2)cc1. The van der Waals surface area contributed by atoms with E-state index in [1.165, 1.54) is 49.6 Å². The van der Waals surface area contributed by atoms with Crippen LogP contribution in [0.15, 0.2) is 72.3 Å². The van der Waals surface area contributed by atoms with E-state index in [-0.39, 0.29) is 22.4 Å². The molecule has 1 unspecified atom stereocenters. The van der Waals surface area contributed by atoms with Gasteiger partial charge < -0.3 is 14.9 Å². The molecular formula is C25H17N3O7. The highest BCUT2D eigenvalue weighted by atomic mass is 16.6. The van der Waals surface area contributed by atoms with Crippen LogP contribution in [0.2, 0.25) is 0 Å². The van der Waals surface area contributed by atoms with Crippen LogP contribution in [0.3, 0.4) is 0 Å². The van der Waals surface area contributed by atoms with E-state index in [2.05, 4.69) is 0 Å². The molecule has 0 saturated carbocycles. The maximum atomic E-state index is 13.2. The summed E-state index contributed by atoms with van der Waals surface area (Å²) in [4.78, 5) is 38.0. The number of aliphatic hydroxyl groups excluding tert-OH is 1. The summed E-state index contributed by atoms with van der Waals surface area (Å²) < 4.78 is 5.11. The van der Waals surface area contributed by atoms with Gasteiger partial charge in [0.25, 0.3) is 11.7 Å². The van der Waals surface area contributed by atoms with Crippen molar-refractivity contribution in [1.82, 2.24) is 0 Å². The number of nitrogens with zero attached hydrogens (tertiary/aromatic N) is 3. The minimum atomic E-state index is -1.25. The first-order valence-corrected chi connectivity index (χ1v) is 10.2. The van der Waals surface area contributed by atoms with Gasteiger partial charge in [-0.05, 0) is 60.2 Å². The molecule has 3 aromatic rings. The normalized spacial score (nSPS) is 16.7. The summed E-state index contributed by atoms with van der Waals surface area (Å²) in [7, 11) is 1.47. The van der Waals surface area contributed by atoms with Crippen LogP contribution < -0.4 is 9.64 Å². The number of Topliss-reactive ketones (excluding diaryl/α,β-unsaturated/α-hetero) is 1. The molecule has 0 spiro atoms. The molecule has 0 aromatic heterocycles. The van der Waals surface area contributed by atoms with Crippen molar-refractivity contribution in [3.8, 4) is 17.6 Å². The van der Waals surface area contributed by atoms with E-state index in [4.69, 9.17) is 10.00 Å². The van der Waals surface area contributed by atoms with E-state index in [0.29, 0.717) is 11.3 Å². The number of carbonyl (C=O) groups excluding carboxylic acids is 2. The minimum Gasteiger partial charge on any atom is -0.507 e. The number of phenols is 1. The molecule has 10 nitrogen and oxygen atoms in total. The number of phenolic OH excluding ortho intramolecular Hbond substituents is 1. The Bertz CT molecular complexity index is 1420. The van der Waals surface area contributed by atoms with Crippen molar-refractivity contribution in [2.75, 3.05) is 12.0 Å². The number of methoxy groups -OCH3 is 1. The first-order valence-electron chi connectivity index (χ1n) is 10.2. The summed E-state index contributed by atoms with van der Waals surface area (Å²) >= 11 is 0. The molecule has 1 saturated heterocycles. The predicted molar refractivity (Wildman–Crippen MR) is 124 cm³/mol. The van der Waals surface area contributed by atoms with Gasteiger partial charge in [-0.3, -0.25) is 24.6 Å². The van der Waals surface area contributed by atoms with Crippen LogP contribution in [-0.4, -0.2) is 33.9 Å². The molecule has 1 fully saturated rings. The fraction of sp³-hybridized carbons (Fsp3) is 0.0800. The third-order valence-corrected chi connectivity index (χ3v) is 5.59. The number of rotatable bonds is 5. The van der Waals surface area contributed by atoms with Crippen LogP contribution in [0, 0.1) is 21.4 Å². The Hall–Kier alpha value is -5.17. The molecule has 0 aliphatic carbocycles. The number of nitriles is 1. The zero-order valence-electron chi connectivity index (χ0n) is 18.2. The summed E-state index contributed by atoms with van der Waals surface area (Å²) in [6.45, 7) is 0. The Morgan fingerprint density at radius 2 is 1.74 bits per heavy atom. The third kappa shape index (κ3) is 4.02. The Kier molecular flexibility index (Phi) is 5.91. The number of aliphatic hydroxyl groups is 1. The Balaban J connectivity index is 1.96. The van der Waals surface area contributed by atoms with Gasteiger partial charge >= 0.3 is 5.69 Å². The number of nitro benzene ring substituents is 1. The number of carbonyl (C=O) groups is 2. The van der Waals surface area contributed by atoms with Crippen molar-refractivity contribution in [3.05, 3.63) is 99.1 Å². The first kappa shape index (κ1) is 23.0. The lowest BCUT2D eigenvalue weighted by Crippen LogP contribution is -2.29. The zero-order valence-corrected chi connectivity index (χ0v) is 18.2. The average Bonchev–Trinajstić information content (AvgIpc) is 3.14. The van der Waals surface area contributed by atoms with E-state index in [0.717, 1.165) is 17.0 Å². The second kappa shape index (κ2) is 8.99. The van der Waals surface area contributed by atoms with Gasteiger partial charge in [0.05, 0.1) is 35.3 Å². The summed E-state index contributed by atoms with van der Waals surface area (Å²) in [6.07, 6.45) is 0. The lowest BCUT2D eigenvalue weighted by Gasteiger charge is -2.25. The van der Waals surface area contributed by atoms with Crippen LogP contribution >= 0.6 is 0 Å². The largest absolute Gasteiger partial charge is 0.507 e. The van der Waals surface area contributed by atoms with Gasteiger partial charge in [0.1, 0.15) is 11.5 Å². The minimum absolute atomic E-state index is 0.119. The molecule has 1 atom stereocenters. The molecule has 10 heteroatoms. The number of nitro groups is 1. The molecule has 174 valence electrons. The number of amides is 1. The van der Waals surface area contributed by atoms with Crippen molar-refractivity contribution >= 4 is 28.8 Å². The fourth-order valence-electron chi connectivity index (χ4n) is 3.87. The number of aromatic hydroxyl groups is 1. The molecule has 4 rings (SSSR count). The van der Waals surface area contributed by atoms with Crippen LogP contribution in [0.1, 0.15) is 22.7 Å². The number of benzene rings is 3. The third-order valence-electron chi connectivity index (χ3n) is 5.59. The molecule has 0 radical (unpaired) electrons. The zero-order chi connectivity index (χ0) is 25.3. The summed E-state index contributed by atoms with van der Waals surface area (Å²) in [5, 5.41) is 41.5. The topological polar surface area (TPSA) is 154 Å². The molecule has 2 N–H and O–H groups in total. The van der Waals surface area contributed by atoms with E-state index in [1.54, 1.807) is 12.1 Å². The van der Waals surface area contributed by atoms with E-state index < -0.39 is 39.9 Å². The van der Waals surface area contributed by atoms with Gasteiger partial charge in [-0.2, -0.15) is 5.26 Å². The van der Waals surface area contributed by atoms with Crippen molar-refractivity contribution in [2.45, 2.75) is 6.04 Å². The van der Waals surface area contributed by atoms with Gasteiger partial charge in [-0.15, -0.1) is 0 Å². The van der Waals surface area contributed by atoms with Gasteiger partial charge in [-0.25, -0.2) is 0 Å². The van der Waals surface area contributed by atoms with E-state index in [1.807, 2.05) is 6.07 Å². The van der Waals surface area contributed by atoms with Crippen LogP contribution in [0.5, 0.6) is 11.5 Å².